The third kappa shape index (κ3) is 2.04. The molecule has 3 nitrogen and oxygen atoms in total. The molecule has 0 saturated carbocycles. The van der Waals surface area contributed by atoms with Gasteiger partial charge in [0.25, 0.3) is 0 Å². The van der Waals surface area contributed by atoms with Gasteiger partial charge < -0.3 is 0 Å². The zero-order valence-corrected chi connectivity index (χ0v) is 14.1. The second-order valence-corrected chi connectivity index (χ2v) is 7.44. The van der Waals surface area contributed by atoms with Crippen molar-refractivity contribution in [3.63, 3.8) is 0 Å². The number of methoxy groups -OCH3 is 1. The van der Waals surface area contributed by atoms with Crippen LogP contribution in [0.15, 0.2) is 59.2 Å². The molecule has 0 amide bonds. The van der Waals surface area contributed by atoms with Crippen molar-refractivity contribution in [1.29, 1.82) is 0 Å². The first kappa shape index (κ1) is 13.5. The molecule has 0 bridgehead atoms. The number of nitrogens with zero attached hydrogens (tertiary/aromatic N) is 1. The van der Waals surface area contributed by atoms with Gasteiger partial charge in [-0.3, -0.25) is 0 Å². The summed E-state index contributed by atoms with van der Waals surface area (Å²) in [5, 5.41) is 0. The predicted molar refractivity (Wildman–Crippen MR) is 89.7 cm³/mol. The van der Waals surface area contributed by atoms with Crippen LogP contribution in [0.4, 0.5) is 17.3 Å². The Bertz CT molecular complexity index is 841. The van der Waals surface area contributed by atoms with Gasteiger partial charge in [-0.25, -0.2) is 0 Å². The third-order valence-corrected chi connectivity index (χ3v) is 6.01. The van der Waals surface area contributed by atoms with Crippen LogP contribution >= 0.6 is 0 Å². The van der Waals surface area contributed by atoms with E-state index in [1.54, 1.807) is 13.4 Å². The average Bonchev–Trinajstić information content (AvgIpc) is 3.00. The summed E-state index contributed by atoms with van der Waals surface area (Å²) in [5.74, 6) is 1.76. The quantitative estimate of drug-likeness (QED) is 0.517. The van der Waals surface area contributed by atoms with E-state index in [0.717, 1.165) is 17.3 Å². The van der Waals surface area contributed by atoms with Gasteiger partial charge in [-0.1, -0.05) is 0 Å². The molecule has 4 heteroatoms. The molecule has 0 aliphatic carbocycles. The van der Waals surface area contributed by atoms with Crippen molar-refractivity contribution >= 4 is 41.1 Å². The zero-order valence-electron chi connectivity index (χ0n) is 12.4. The normalized spacial score (nSPS) is 12.7. The fourth-order valence-corrected chi connectivity index (χ4v) is 4.79. The Balaban J connectivity index is 1.97. The molecule has 0 unspecified atom stereocenters. The first-order valence-corrected chi connectivity index (χ1v) is 8.78. The van der Waals surface area contributed by atoms with Crippen molar-refractivity contribution < 1.29 is 9.15 Å². The van der Waals surface area contributed by atoms with Crippen molar-refractivity contribution in [2.45, 2.75) is 6.92 Å². The Kier molecular flexibility index (Phi) is 3.21. The van der Waals surface area contributed by atoms with Crippen molar-refractivity contribution in [2.75, 3.05) is 12.0 Å². The molecule has 2 aromatic carbocycles. The van der Waals surface area contributed by atoms with Crippen molar-refractivity contribution in [1.82, 2.24) is 0 Å². The number of furan rings is 1. The molecule has 3 aromatic rings. The van der Waals surface area contributed by atoms with Gasteiger partial charge in [0, 0.05) is 0 Å². The minimum absolute atomic E-state index is 0.271. The summed E-state index contributed by atoms with van der Waals surface area (Å²) in [7, 11) is 1.71. The van der Waals surface area contributed by atoms with E-state index < -0.39 is 0 Å². The number of rotatable bonds is 2. The Morgan fingerprint density at radius 2 is 1.86 bits per heavy atom. The van der Waals surface area contributed by atoms with Crippen LogP contribution in [0.3, 0.4) is 0 Å². The van der Waals surface area contributed by atoms with E-state index in [1.807, 2.05) is 0 Å². The van der Waals surface area contributed by atoms with Gasteiger partial charge in [0.2, 0.25) is 0 Å². The average molecular weight is 356 g/mol. The van der Waals surface area contributed by atoms with Crippen molar-refractivity contribution in [3.8, 4) is 5.75 Å². The van der Waals surface area contributed by atoms with E-state index in [9.17, 15) is 0 Å². The van der Waals surface area contributed by atoms with E-state index in [0.29, 0.717) is 0 Å². The third-order valence-electron chi connectivity index (χ3n) is 3.72. The Hall–Kier alpha value is -2.16. The standard InChI is InChI=1S/C18H15NO2Se/c1-12-7-8-13(15(11-12)20-2)19-14-5-3-4-6-16(14)22-17-9-10-21-18(17)19/h3-11H,1-2H3. The van der Waals surface area contributed by atoms with Crippen molar-refractivity contribution in [2.24, 2.45) is 0 Å². The Morgan fingerprint density at radius 1 is 1.00 bits per heavy atom. The fourth-order valence-electron chi connectivity index (χ4n) is 2.70. The van der Waals surface area contributed by atoms with Crippen LogP contribution in [0.5, 0.6) is 5.75 Å². The molecule has 0 saturated heterocycles. The summed E-state index contributed by atoms with van der Waals surface area (Å²) >= 11 is 0.271. The van der Waals surface area contributed by atoms with Crippen LogP contribution in [0.2, 0.25) is 0 Å². The van der Waals surface area contributed by atoms with Crippen LogP contribution in [-0.4, -0.2) is 22.1 Å². The monoisotopic (exact) mass is 357 g/mol. The number of para-hydroxylation sites is 1. The molecule has 0 fully saturated rings. The topological polar surface area (TPSA) is 25.6 Å². The molecule has 0 spiro atoms. The molecule has 2 heterocycles. The summed E-state index contributed by atoms with van der Waals surface area (Å²) in [4.78, 5) is 2.16. The van der Waals surface area contributed by atoms with Crippen LogP contribution in [-0.2, 0) is 0 Å². The molecular weight excluding hydrogens is 341 g/mol. The van der Waals surface area contributed by atoms with E-state index in [1.165, 1.54) is 20.2 Å². The molecule has 4 rings (SSSR count). The second-order valence-electron chi connectivity index (χ2n) is 5.17. The number of anilines is 3. The van der Waals surface area contributed by atoms with Crippen LogP contribution in [0.25, 0.3) is 0 Å². The number of fused-ring (bicyclic) bond motifs is 2. The Labute approximate surface area is 135 Å². The maximum atomic E-state index is 5.80. The van der Waals surface area contributed by atoms with Gasteiger partial charge in [0.05, 0.1) is 0 Å². The van der Waals surface area contributed by atoms with Gasteiger partial charge in [-0.05, 0) is 0 Å². The molecule has 0 atom stereocenters. The van der Waals surface area contributed by atoms with E-state index in [-0.39, 0.29) is 15.0 Å². The van der Waals surface area contributed by atoms with Crippen LogP contribution in [0, 0.1) is 6.92 Å². The number of hydrogen-bond donors (Lipinski definition) is 0. The van der Waals surface area contributed by atoms with Gasteiger partial charge in [-0.2, -0.15) is 0 Å². The van der Waals surface area contributed by atoms with E-state index in [4.69, 9.17) is 9.15 Å². The molecular formula is C18H15NO2Se. The van der Waals surface area contributed by atoms with Crippen LogP contribution < -0.4 is 18.6 Å². The van der Waals surface area contributed by atoms with Gasteiger partial charge >= 0.3 is 135 Å². The van der Waals surface area contributed by atoms with E-state index >= 15 is 0 Å². The zero-order chi connectivity index (χ0) is 15.1. The molecule has 0 N–H and O–H groups in total. The van der Waals surface area contributed by atoms with Crippen molar-refractivity contribution in [3.05, 3.63) is 60.4 Å². The minimum atomic E-state index is 0.271. The van der Waals surface area contributed by atoms with Gasteiger partial charge in [-0.15, -0.1) is 0 Å². The maximum absolute atomic E-state index is 5.80. The first-order chi connectivity index (χ1) is 10.8. The number of aryl methyl sites for hydroxylation is 1. The number of hydrogen-bond acceptors (Lipinski definition) is 3. The van der Waals surface area contributed by atoms with Crippen LogP contribution in [0.1, 0.15) is 5.56 Å². The van der Waals surface area contributed by atoms with Gasteiger partial charge in [0.1, 0.15) is 0 Å². The molecule has 1 aromatic heterocycles. The summed E-state index contributed by atoms with van der Waals surface area (Å²) in [6, 6.07) is 16.8. The molecule has 110 valence electrons. The number of benzene rings is 2. The second kappa shape index (κ2) is 5.24. The first-order valence-electron chi connectivity index (χ1n) is 7.07. The summed E-state index contributed by atoms with van der Waals surface area (Å²) < 4.78 is 14.0. The summed E-state index contributed by atoms with van der Waals surface area (Å²) in [5.41, 5.74) is 3.36. The molecule has 22 heavy (non-hydrogen) atoms. The SMILES string of the molecule is COc1cc(C)ccc1N1c2ccccc2[Se]c2ccoc21. The fraction of sp³-hybridized carbons (Fsp3) is 0.111. The molecule has 1 aliphatic heterocycles. The molecule has 0 radical (unpaired) electrons. The van der Waals surface area contributed by atoms with Gasteiger partial charge in [0.15, 0.2) is 0 Å². The van der Waals surface area contributed by atoms with E-state index in [2.05, 4.69) is 60.4 Å². The summed E-state index contributed by atoms with van der Waals surface area (Å²) in [6.45, 7) is 2.07. The predicted octanol–water partition coefficient (Wildman–Crippen LogP) is 3.03. The molecule has 1 aliphatic rings. The summed E-state index contributed by atoms with van der Waals surface area (Å²) in [6.07, 6.45) is 1.77. The number of ether oxygens (including phenoxy) is 1. The Morgan fingerprint density at radius 3 is 2.73 bits per heavy atom.